The van der Waals surface area contributed by atoms with Crippen molar-refractivity contribution >= 4 is 0 Å². The van der Waals surface area contributed by atoms with Crippen LogP contribution in [-0.2, 0) is 16.0 Å². The third-order valence-electron chi connectivity index (χ3n) is 6.15. The topological polar surface area (TPSA) is 59.8 Å². The molecule has 134 valence electrons. The summed E-state index contributed by atoms with van der Waals surface area (Å²) in [5, 5.41) is 10.9. The lowest BCUT2D eigenvalue weighted by atomic mass is 9.82. The average molecular weight is 335 g/mol. The van der Waals surface area contributed by atoms with Gasteiger partial charge in [0.1, 0.15) is 0 Å². The van der Waals surface area contributed by atoms with Gasteiger partial charge in [-0.15, -0.1) is 0 Å². The van der Waals surface area contributed by atoms with Gasteiger partial charge in [0.15, 0.2) is 0 Å². The third kappa shape index (κ3) is 3.52. The molecule has 6 heteroatoms. The van der Waals surface area contributed by atoms with E-state index in [1.165, 1.54) is 0 Å². The van der Waals surface area contributed by atoms with Crippen LogP contribution in [0.15, 0.2) is 18.7 Å². The number of likely N-dealkylation sites (tertiary alicyclic amines) is 1. The summed E-state index contributed by atoms with van der Waals surface area (Å²) >= 11 is 0. The van der Waals surface area contributed by atoms with Crippen molar-refractivity contribution in [1.29, 1.82) is 0 Å². The Labute approximate surface area is 143 Å². The summed E-state index contributed by atoms with van der Waals surface area (Å²) in [6.45, 7) is 5.12. The van der Waals surface area contributed by atoms with Crippen LogP contribution < -0.4 is 0 Å². The van der Waals surface area contributed by atoms with E-state index in [1.54, 1.807) is 12.5 Å². The normalized spacial score (nSPS) is 30.5. The van der Waals surface area contributed by atoms with Crippen LogP contribution in [0.4, 0.5) is 0 Å². The van der Waals surface area contributed by atoms with Crippen LogP contribution >= 0.6 is 0 Å². The van der Waals surface area contributed by atoms with E-state index in [1.807, 2.05) is 10.8 Å². The fraction of sp³-hybridized carbons (Fsp3) is 0.833. The molecule has 1 N–H and O–H groups in total. The minimum atomic E-state index is -0.598. The molecule has 0 aromatic carbocycles. The summed E-state index contributed by atoms with van der Waals surface area (Å²) in [7, 11) is 0. The molecule has 6 nitrogen and oxygen atoms in total. The molecule has 1 unspecified atom stereocenters. The largest absolute Gasteiger partial charge is 0.388 e. The maximum atomic E-state index is 10.9. The molecule has 0 aliphatic carbocycles. The molecular formula is C18H29N3O3. The smallest absolute Gasteiger partial charge is 0.0946 e. The highest BCUT2D eigenvalue weighted by atomic mass is 16.5. The molecule has 1 spiro atoms. The molecule has 3 fully saturated rings. The lowest BCUT2D eigenvalue weighted by Crippen LogP contribution is -2.55. The maximum absolute atomic E-state index is 10.9. The summed E-state index contributed by atoms with van der Waals surface area (Å²) in [5.74, 6) is 0. The van der Waals surface area contributed by atoms with Crippen LogP contribution in [0.2, 0.25) is 0 Å². The van der Waals surface area contributed by atoms with E-state index in [9.17, 15) is 5.11 Å². The molecule has 1 aromatic heterocycles. The van der Waals surface area contributed by atoms with Gasteiger partial charge in [-0.25, -0.2) is 4.98 Å². The summed E-state index contributed by atoms with van der Waals surface area (Å²) in [6, 6.07) is 0.592. The average Bonchev–Trinajstić information content (AvgIpc) is 3.09. The molecule has 4 rings (SSSR count). The van der Waals surface area contributed by atoms with E-state index >= 15 is 0 Å². The Morgan fingerprint density at radius 1 is 1.12 bits per heavy atom. The van der Waals surface area contributed by atoms with Crippen LogP contribution in [0.5, 0.6) is 0 Å². The van der Waals surface area contributed by atoms with Gasteiger partial charge in [0.2, 0.25) is 0 Å². The van der Waals surface area contributed by atoms with Crippen LogP contribution in [0.1, 0.15) is 38.5 Å². The first-order valence-electron chi connectivity index (χ1n) is 9.30. The second kappa shape index (κ2) is 6.75. The number of imidazole rings is 1. The maximum Gasteiger partial charge on any atom is 0.0946 e. The quantitative estimate of drug-likeness (QED) is 0.906. The standard InChI is InChI=1S/C18H29N3O3/c22-17(14-20-9-6-19-15-20)2-7-21(8-3-17)16-1-10-24-18(13-16)4-11-23-12-5-18/h6,9,15-16,22H,1-5,7-8,10-14H2. The first-order valence-corrected chi connectivity index (χ1v) is 9.30. The molecule has 4 heterocycles. The van der Waals surface area contributed by atoms with Crippen molar-refractivity contribution in [3.63, 3.8) is 0 Å². The molecule has 3 aliphatic heterocycles. The first kappa shape index (κ1) is 16.5. The number of hydrogen-bond acceptors (Lipinski definition) is 5. The molecule has 24 heavy (non-hydrogen) atoms. The monoisotopic (exact) mass is 335 g/mol. The molecule has 0 radical (unpaired) electrons. The van der Waals surface area contributed by atoms with E-state index < -0.39 is 5.60 Å². The number of hydrogen-bond donors (Lipinski definition) is 1. The van der Waals surface area contributed by atoms with E-state index in [0.717, 1.165) is 71.4 Å². The first-order chi connectivity index (χ1) is 11.7. The van der Waals surface area contributed by atoms with E-state index in [4.69, 9.17) is 9.47 Å². The van der Waals surface area contributed by atoms with Crippen LogP contribution in [0, 0.1) is 0 Å². The molecule has 3 saturated heterocycles. The third-order valence-corrected chi connectivity index (χ3v) is 6.15. The highest BCUT2D eigenvalue weighted by Gasteiger charge is 2.42. The van der Waals surface area contributed by atoms with Crippen LogP contribution in [-0.4, -0.2) is 69.7 Å². The summed E-state index contributed by atoms with van der Waals surface area (Å²) < 4.78 is 13.7. The zero-order valence-corrected chi connectivity index (χ0v) is 14.4. The number of aromatic nitrogens is 2. The molecular weight excluding hydrogens is 306 g/mol. The van der Waals surface area contributed by atoms with Crippen molar-refractivity contribution < 1.29 is 14.6 Å². The Morgan fingerprint density at radius 2 is 1.92 bits per heavy atom. The lowest BCUT2D eigenvalue weighted by Gasteiger charge is -2.48. The molecule has 3 aliphatic rings. The molecule has 0 saturated carbocycles. The minimum absolute atomic E-state index is 0.0473. The zero-order valence-electron chi connectivity index (χ0n) is 14.4. The fourth-order valence-electron chi connectivity index (χ4n) is 4.59. The number of piperidine rings is 1. The van der Waals surface area contributed by atoms with Gasteiger partial charge < -0.3 is 19.1 Å². The van der Waals surface area contributed by atoms with Gasteiger partial charge in [-0.05, 0) is 38.5 Å². The predicted molar refractivity (Wildman–Crippen MR) is 89.7 cm³/mol. The van der Waals surface area contributed by atoms with Crippen molar-refractivity contribution in [2.75, 3.05) is 32.9 Å². The van der Waals surface area contributed by atoms with E-state index in [0.29, 0.717) is 12.6 Å². The Hall–Kier alpha value is -0.950. The number of aliphatic hydroxyl groups is 1. The second-order valence-corrected chi connectivity index (χ2v) is 7.79. The van der Waals surface area contributed by atoms with Crippen molar-refractivity contribution in [2.24, 2.45) is 0 Å². The van der Waals surface area contributed by atoms with Gasteiger partial charge in [-0.1, -0.05) is 0 Å². The van der Waals surface area contributed by atoms with Gasteiger partial charge in [0, 0.05) is 51.3 Å². The van der Waals surface area contributed by atoms with Crippen molar-refractivity contribution in [3.8, 4) is 0 Å². The molecule has 0 amide bonds. The van der Waals surface area contributed by atoms with E-state index in [2.05, 4.69) is 9.88 Å². The van der Waals surface area contributed by atoms with Crippen LogP contribution in [0.25, 0.3) is 0 Å². The summed E-state index contributed by atoms with van der Waals surface area (Å²) in [5.41, 5.74) is -0.551. The predicted octanol–water partition coefficient (Wildman–Crippen LogP) is 1.44. The zero-order chi connectivity index (χ0) is 16.5. The Kier molecular flexibility index (Phi) is 4.64. The summed E-state index contributed by atoms with van der Waals surface area (Å²) in [6.07, 6.45) is 11.4. The van der Waals surface area contributed by atoms with Crippen LogP contribution in [0.3, 0.4) is 0 Å². The van der Waals surface area contributed by atoms with Crippen molar-refractivity contribution in [1.82, 2.24) is 14.5 Å². The SMILES string of the molecule is OC1(Cn2ccnc2)CCN(C2CCOC3(CCOCC3)C2)CC1. The number of ether oxygens (including phenoxy) is 2. The van der Waals surface area contributed by atoms with Crippen molar-refractivity contribution in [2.45, 2.75) is 62.3 Å². The molecule has 1 atom stereocenters. The Balaban J connectivity index is 1.33. The van der Waals surface area contributed by atoms with Gasteiger partial charge >= 0.3 is 0 Å². The summed E-state index contributed by atoms with van der Waals surface area (Å²) in [4.78, 5) is 6.66. The molecule has 1 aromatic rings. The molecule has 0 bridgehead atoms. The fourth-order valence-corrected chi connectivity index (χ4v) is 4.59. The number of nitrogens with zero attached hydrogens (tertiary/aromatic N) is 3. The minimum Gasteiger partial charge on any atom is -0.388 e. The second-order valence-electron chi connectivity index (χ2n) is 7.79. The van der Waals surface area contributed by atoms with Gasteiger partial charge in [-0.2, -0.15) is 0 Å². The van der Waals surface area contributed by atoms with Gasteiger partial charge in [-0.3, -0.25) is 4.90 Å². The highest BCUT2D eigenvalue weighted by Crippen LogP contribution is 2.37. The highest BCUT2D eigenvalue weighted by molar-refractivity contribution is 4.95. The Bertz CT molecular complexity index is 514. The van der Waals surface area contributed by atoms with Gasteiger partial charge in [0.05, 0.1) is 24.1 Å². The van der Waals surface area contributed by atoms with Crippen molar-refractivity contribution in [3.05, 3.63) is 18.7 Å². The lowest BCUT2D eigenvalue weighted by molar-refractivity contribution is -0.156. The van der Waals surface area contributed by atoms with Gasteiger partial charge in [0.25, 0.3) is 0 Å². The van der Waals surface area contributed by atoms with E-state index in [-0.39, 0.29) is 5.60 Å². The Morgan fingerprint density at radius 3 is 2.62 bits per heavy atom. The number of rotatable bonds is 3.